The fourth-order valence-electron chi connectivity index (χ4n) is 1.92. The molecular formula is C11H18N4. The molecule has 0 saturated carbocycles. The normalized spacial score (nSPS) is 20.1. The van der Waals surface area contributed by atoms with Gasteiger partial charge in [0.1, 0.15) is 12.1 Å². The summed E-state index contributed by atoms with van der Waals surface area (Å²) >= 11 is 0. The molecule has 1 atom stereocenters. The summed E-state index contributed by atoms with van der Waals surface area (Å²) in [6.45, 7) is 3.95. The molecule has 15 heavy (non-hydrogen) atoms. The Morgan fingerprint density at radius 2 is 2.40 bits per heavy atom. The van der Waals surface area contributed by atoms with E-state index in [2.05, 4.69) is 27.9 Å². The van der Waals surface area contributed by atoms with Crippen LogP contribution in [0.3, 0.4) is 0 Å². The Bertz CT molecular complexity index is 324. The van der Waals surface area contributed by atoms with Gasteiger partial charge < -0.3 is 10.6 Å². The zero-order valence-corrected chi connectivity index (χ0v) is 9.19. The molecule has 0 aromatic carbocycles. The lowest BCUT2D eigenvalue weighted by Crippen LogP contribution is -2.52. The van der Waals surface area contributed by atoms with Gasteiger partial charge >= 0.3 is 0 Å². The summed E-state index contributed by atoms with van der Waals surface area (Å²) in [5.74, 6) is 1.04. The molecule has 1 aliphatic rings. The summed E-state index contributed by atoms with van der Waals surface area (Å²) in [4.78, 5) is 10.8. The second-order valence-electron chi connectivity index (χ2n) is 3.99. The Labute approximate surface area is 90.5 Å². The maximum absolute atomic E-state index is 5.67. The summed E-state index contributed by atoms with van der Waals surface area (Å²) in [6, 6.07) is 2.57. The molecule has 0 bridgehead atoms. The number of aryl methyl sites for hydroxylation is 1. The lowest BCUT2D eigenvalue weighted by atomic mass is 10.0. The minimum Gasteiger partial charge on any atom is -0.352 e. The molecule has 1 saturated heterocycles. The van der Waals surface area contributed by atoms with Crippen molar-refractivity contribution in [1.29, 1.82) is 0 Å². The van der Waals surface area contributed by atoms with Crippen molar-refractivity contribution in [2.45, 2.75) is 32.2 Å². The van der Waals surface area contributed by atoms with Gasteiger partial charge in [0.2, 0.25) is 0 Å². The Hall–Kier alpha value is -1.16. The van der Waals surface area contributed by atoms with Gasteiger partial charge in [-0.2, -0.15) is 0 Å². The quantitative estimate of drug-likeness (QED) is 0.797. The number of anilines is 1. The van der Waals surface area contributed by atoms with E-state index in [1.54, 1.807) is 6.33 Å². The predicted molar refractivity (Wildman–Crippen MR) is 60.8 cm³/mol. The average molecular weight is 206 g/mol. The van der Waals surface area contributed by atoms with Gasteiger partial charge in [0.25, 0.3) is 0 Å². The standard InChI is InChI=1S/C11H18N4/c1-2-3-9-6-11(14-8-13-9)15-5-4-10(15)7-12/h6,8,10H,2-5,7,12H2,1H3. The van der Waals surface area contributed by atoms with E-state index in [-0.39, 0.29) is 0 Å². The van der Waals surface area contributed by atoms with Gasteiger partial charge in [-0.1, -0.05) is 13.3 Å². The van der Waals surface area contributed by atoms with Crippen molar-refractivity contribution >= 4 is 5.82 Å². The second kappa shape index (κ2) is 4.57. The molecule has 0 amide bonds. The summed E-state index contributed by atoms with van der Waals surface area (Å²) in [5.41, 5.74) is 6.80. The average Bonchev–Trinajstić information content (AvgIpc) is 2.18. The van der Waals surface area contributed by atoms with E-state index in [1.165, 1.54) is 6.42 Å². The van der Waals surface area contributed by atoms with Crippen LogP contribution in [-0.4, -0.2) is 29.1 Å². The lowest BCUT2D eigenvalue weighted by molar-refractivity contribution is 0.451. The maximum Gasteiger partial charge on any atom is 0.132 e. The number of rotatable bonds is 4. The number of hydrogen-bond acceptors (Lipinski definition) is 4. The van der Waals surface area contributed by atoms with Crippen LogP contribution in [0.4, 0.5) is 5.82 Å². The summed E-state index contributed by atoms with van der Waals surface area (Å²) in [7, 11) is 0. The maximum atomic E-state index is 5.67. The molecular weight excluding hydrogens is 188 g/mol. The molecule has 82 valence electrons. The van der Waals surface area contributed by atoms with Crippen molar-refractivity contribution in [2.24, 2.45) is 5.73 Å². The van der Waals surface area contributed by atoms with E-state index in [9.17, 15) is 0 Å². The van der Waals surface area contributed by atoms with Crippen molar-refractivity contribution in [3.05, 3.63) is 18.1 Å². The number of nitrogens with zero attached hydrogens (tertiary/aromatic N) is 3. The largest absolute Gasteiger partial charge is 0.352 e. The first-order chi connectivity index (χ1) is 7.35. The third kappa shape index (κ3) is 2.09. The Morgan fingerprint density at radius 1 is 1.53 bits per heavy atom. The predicted octanol–water partition coefficient (Wildman–Crippen LogP) is 0.966. The van der Waals surface area contributed by atoms with Crippen molar-refractivity contribution < 1.29 is 0 Å². The molecule has 1 unspecified atom stereocenters. The Kier molecular flexibility index (Phi) is 3.16. The van der Waals surface area contributed by atoms with E-state index in [4.69, 9.17) is 5.73 Å². The van der Waals surface area contributed by atoms with Crippen molar-refractivity contribution in [2.75, 3.05) is 18.0 Å². The number of nitrogens with two attached hydrogens (primary N) is 1. The second-order valence-corrected chi connectivity index (χ2v) is 3.99. The van der Waals surface area contributed by atoms with E-state index in [0.717, 1.165) is 30.9 Å². The minimum absolute atomic E-state index is 0.481. The summed E-state index contributed by atoms with van der Waals surface area (Å²) in [5, 5.41) is 0. The molecule has 2 heterocycles. The van der Waals surface area contributed by atoms with Crippen LogP contribution >= 0.6 is 0 Å². The Morgan fingerprint density at radius 3 is 3.00 bits per heavy atom. The van der Waals surface area contributed by atoms with Crippen LogP contribution in [0.1, 0.15) is 25.5 Å². The van der Waals surface area contributed by atoms with Gasteiger partial charge in [0.15, 0.2) is 0 Å². The van der Waals surface area contributed by atoms with Crippen LogP contribution in [0.2, 0.25) is 0 Å². The zero-order chi connectivity index (χ0) is 10.7. The monoisotopic (exact) mass is 206 g/mol. The van der Waals surface area contributed by atoms with E-state index >= 15 is 0 Å². The fourth-order valence-corrected chi connectivity index (χ4v) is 1.92. The lowest BCUT2D eigenvalue weighted by Gasteiger charge is -2.41. The fraction of sp³-hybridized carbons (Fsp3) is 0.636. The van der Waals surface area contributed by atoms with E-state index < -0.39 is 0 Å². The van der Waals surface area contributed by atoms with Crippen LogP contribution < -0.4 is 10.6 Å². The van der Waals surface area contributed by atoms with Crippen LogP contribution in [-0.2, 0) is 6.42 Å². The van der Waals surface area contributed by atoms with Crippen molar-refractivity contribution in [1.82, 2.24) is 9.97 Å². The van der Waals surface area contributed by atoms with Gasteiger partial charge in [-0.25, -0.2) is 9.97 Å². The molecule has 2 N–H and O–H groups in total. The van der Waals surface area contributed by atoms with Gasteiger partial charge in [0, 0.05) is 30.9 Å². The first-order valence-corrected chi connectivity index (χ1v) is 5.62. The molecule has 0 radical (unpaired) electrons. The number of hydrogen-bond donors (Lipinski definition) is 1. The first-order valence-electron chi connectivity index (χ1n) is 5.62. The molecule has 1 fully saturated rings. The van der Waals surface area contributed by atoms with Gasteiger partial charge in [0.05, 0.1) is 0 Å². The SMILES string of the molecule is CCCc1cc(N2CCC2CN)ncn1. The van der Waals surface area contributed by atoms with Gasteiger partial charge in [-0.15, -0.1) is 0 Å². The van der Waals surface area contributed by atoms with Crippen LogP contribution in [0.5, 0.6) is 0 Å². The van der Waals surface area contributed by atoms with Crippen molar-refractivity contribution in [3.63, 3.8) is 0 Å². The van der Waals surface area contributed by atoms with Crippen LogP contribution in [0, 0.1) is 0 Å². The first kappa shape index (κ1) is 10.4. The molecule has 1 aromatic heterocycles. The highest BCUT2D eigenvalue weighted by molar-refractivity contribution is 5.43. The topological polar surface area (TPSA) is 55.0 Å². The molecule has 1 aliphatic heterocycles. The summed E-state index contributed by atoms with van der Waals surface area (Å²) in [6.07, 6.45) is 4.99. The highest BCUT2D eigenvalue weighted by atomic mass is 15.3. The Balaban J connectivity index is 2.10. The zero-order valence-electron chi connectivity index (χ0n) is 9.19. The smallest absolute Gasteiger partial charge is 0.132 e. The summed E-state index contributed by atoms with van der Waals surface area (Å²) < 4.78 is 0. The third-order valence-corrected chi connectivity index (χ3v) is 2.93. The van der Waals surface area contributed by atoms with Crippen LogP contribution in [0.25, 0.3) is 0 Å². The highest BCUT2D eigenvalue weighted by Crippen LogP contribution is 2.23. The molecule has 0 aliphatic carbocycles. The van der Waals surface area contributed by atoms with E-state index in [1.807, 2.05) is 0 Å². The van der Waals surface area contributed by atoms with Gasteiger partial charge in [-0.3, -0.25) is 0 Å². The minimum atomic E-state index is 0.481. The molecule has 4 nitrogen and oxygen atoms in total. The molecule has 4 heteroatoms. The molecule has 1 aromatic rings. The third-order valence-electron chi connectivity index (χ3n) is 2.93. The molecule has 2 rings (SSSR count). The van der Waals surface area contributed by atoms with E-state index in [0.29, 0.717) is 12.6 Å². The number of aromatic nitrogens is 2. The highest BCUT2D eigenvalue weighted by Gasteiger charge is 2.27. The van der Waals surface area contributed by atoms with Crippen molar-refractivity contribution in [3.8, 4) is 0 Å². The van der Waals surface area contributed by atoms with Gasteiger partial charge in [-0.05, 0) is 12.8 Å². The molecule has 0 spiro atoms. The van der Waals surface area contributed by atoms with Crippen LogP contribution in [0.15, 0.2) is 12.4 Å².